The van der Waals surface area contributed by atoms with E-state index < -0.39 is 0 Å². The number of benzene rings is 1. The molecule has 3 rings (SSSR count). The van der Waals surface area contributed by atoms with Gasteiger partial charge in [-0.3, -0.25) is 4.90 Å². The van der Waals surface area contributed by atoms with Gasteiger partial charge in [-0.15, -0.1) is 0 Å². The Balaban J connectivity index is 1.78. The SMILES string of the molecule is COc1cc(C)ccc1Nc1nc(NC(C)C)nc(N2CCN(CCN(C)C)CC2)n1. The Hall–Kier alpha value is -2.65. The number of aryl methyl sites for hydroxylation is 1. The van der Waals surface area contributed by atoms with E-state index in [0.717, 1.165) is 56.3 Å². The molecule has 0 saturated carbocycles. The van der Waals surface area contributed by atoms with Crippen LogP contribution >= 0.6 is 0 Å². The minimum atomic E-state index is 0.222. The predicted molar refractivity (Wildman–Crippen MR) is 127 cm³/mol. The number of anilines is 4. The Morgan fingerprint density at radius 1 is 1.06 bits per heavy atom. The van der Waals surface area contributed by atoms with Gasteiger partial charge in [-0.1, -0.05) is 6.07 Å². The fourth-order valence-electron chi connectivity index (χ4n) is 3.42. The summed E-state index contributed by atoms with van der Waals surface area (Å²) in [4.78, 5) is 20.9. The first-order valence-corrected chi connectivity index (χ1v) is 10.9. The van der Waals surface area contributed by atoms with Crippen LogP contribution in [0.25, 0.3) is 0 Å². The second kappa shape index (κ2) is 10.6. The number of hydrogen-bond donors (Lipinski definition) is 2. The molecule has 1 aromatic carbocycles. The van der Waals surface area contributed by atoms with Gasteiger partial charge in [0.2, 0.25) is 17.8 Å². The summed E-state index contributed by atoms with van der Waals surface area (Å²) in [6.07, 6.45) is 0. The van der Waals surface area contributed by atoms with Gasteiger partial charge in [-0.2, -0.15) is 15.0 Å². The molecule has 1 fully saturated rings. The molecule has 0 amide bonds. The lowest BCUT2D eigenvalue weighted by Crippen LogP contribution is -2.48. The van der Waals surface area contributed by atoms with Crippen LogP contribution < -0.4 is 20.3 Å². The van der Waals surface area contributed by atoms with E-state index in [1.165, 1.54) is 0 Å². The van der Waals surface area contributed by atoms with Gasteiger partial charge in [0.15, 0.2) is 0 Å². The van der Waals surface area contributed by atoms with E-state index in [1.807, 2.05) is 25.1 Å². The van der Waals surface area contributed by atoms with Crippen LogP contribution in [0.4, 0.5) is 23.5 Å². The third-order valence-electron chi connectivity index (χ3n) is 5.16. The van der Waals surface area contributed by atoms with Gasteiger partial charge >= 0.3 is 0 Å². The van der Waals surface area contributed by atoms with E-state index in [-0.39, 0.29) is 6.04 Å². The second-order valence-corrected chi connectivity index (χ2v) is 8.54. The highest BCUT2D eigenvalue weighted by Crippen LogP contribution is 2.28. The van der Waals surface area contributed by atoms with Crippen molar-refractivity contribution in [3.63, 3.8) is 0 Å². The lowest BCUT2D eigenvalue weighted by Gasteiger charge is -2.35. The van der Waals surface area contributed by atoms with Crippen molar-refractivity contribution in [3.05, 3.63) is 23.8 Å². The number of aromatic nitrogens is 3. The molecule has 1 aliphatic heterocycles. The number of methoxy groups -OCH3 is 1. The van der Waals surface area contributed by atoms with Crippen LogP contribution in [-0.2, 0) is 0 Å². The Morgan fingerprint density at radius 3 is 2.42 bits per heavy atom. The van der Waals surface area contributed by atoms with Crippen molar-refractivity contribution in [1.82, 2.24) is 24.8 Å². The summed E-state index contributed by atoms with van der Waals surface area (Å²) in [6, 6.07) is 6.23. The number of nitrogens with one attached hydrogen (secondary N) is 2. The number of ether oxygens (including phenoxy) is 1. The number of likely N-dealkylation sites (N-methyl/N-ethyl adjacent to an activating group) is 1. The van der Waals surface area contributed by atoms with Crippen molar-refractivity contribution in [2.24, 2.45) is 0 Å². The highest BCUT2D eigenvalue weighted by atomic mass is 16.5. The van der Waals surface area contributed by atoms with Crippen LogP contribution in [0.2, 0.25) is 0 Å². The molecule has 31 heavy (non-hydrogen) atoms. The van der Waals surface area contributed by atoms with Crippen molar-refractivity contribution in [2.75, 3.05) is 76.0 Å². The first kappa shape index (κ1) is 23.0. The topological polar surface area (TPSA) is 81.7 Å². The average molecular weight is 429 g/mol. The quantitative estimate of drug-likeness (QED) is 0.626. The van der Waals surface area contributed by atoms with Crippen LogP contribution in [0, 0.1) is 6.92 Å². The van der Waals surface area contributed by atoms with Gasteiger partial charge in [0.25, 0.3) is 0 Å². The summed E-state index contributed by atoms with van der Waals surface area (Å²) >= 11 is 0. The van der Waals surface area contributed by atoms with E-state index in [0.29, 0.717) is 17.8 Å². The fraction of sp³-hybridized carbons (Fsp3) is 0.591. The zero-order chi connectivity index (χ0) is 22.4. The molecule has 0 unspecified atom stereocenters. The molecule has 170 valence electrons. The molecule has 0 aliphatic carbocycles. The first-order valence-electron chi connectivity index (χ1n) is 10.9. The Kier molecular flexibility index (Phi) is 7.86. The second-order valence-electron chi connectivity index (χ2n) is 8.54. The van der Waals surface area contributed by atoms with Crippen molar-refractivity contribution >= 4 is 23.5 Å². The van der Waals surface area contributed by atoms with Gasteiger partial charge < -0.3 is 25.2 Å². The number of hydrogen-bond acceptors (Lipinski definition) is 9. The molecule has 9 heteroatoms. The van der Waals surface area contributed by atoms with E-state index in [1.54, 1.807) is 7.11 Å². The van der Waals surface area contributed by atoms with Crippen LogP contribution in [0.5, 0.6) is 5.75 Å². The third kappa shape index (κ3) is 6.67. The lowest BCUT2D eigenvalue weighted by molar-refractivity contribution is 0.228. The predicted octanol–water partition coefficient (Wildman–Crippen LogP) is 2.44. The fourth-order valence-corrected chi connectivity index (χ4v) is 3.42. The summed E-state index contributed by atoms with van der Waals surface area (Å²) in [5.41, 5.74) is 1.96. The smallest absolute Gasteiger partial charge is 0.233 e. The molecule has 9 nitrogen and oxygen atoms in total. The minimum Gasteiger partial charge on any atom is -0.495 e. The van der Waals surface area contributed by atoms with Gasteiger partial charge in [0, 0.05) is 45.3 Å². The molecule has 1 aromatic heterocycles. The largest absolute Gasteiger partial charge is 0.495 e. The summed E-state index contributed by atoms with van der Waals surface area (Å²) in [6.45, 7) is 12.1. The Bertz CT molecular complexity index is 849. The van der Waals surface area contributed by atoms with Crippen molar-refractivity contribution in [3.8, 4) is 5.75 Å². The van der Waals surface area contributed by atoms with Crippen LogP contribution in [-0.4, -0.2) is 91.3 Å². The maximum absolute atomic E-state index is 5.52. The zero-order valence-corrected chi connectivity index (χ0v) is 19.6. The molecular formula is C22H36N8O. The van der Waals surface area contributed by atoms with E-state index >= 15 is 0 Å². The molecule has 2 aromatic rings. The summed E-state index contributed by atoms with van der Waals surface area (Å²) in [7, 11) is 5.89. The summed E-state index contributed by atoms with van der Waals surface area (Å²) in [5.74, 6) is 2.53. The zero-order valence-electron chi connectivity index (χ0n) is 19.6. The van der Waals surface area contributed by atoms with Crippen LogP contribution in [0.3, 0.4) is 0 Å². The number of piperazine rings is 1. The maximum atomic E-state index is 5.52. The normalized spacial score (nSPS) is 14.9. The van der Waals surface area contributed by atoms with Gasteiger partial charge in [-0.25, -0.2) is 0 Å². The Morgan fingerprint density at radius 2 is 1.77 bits per heavy atom. The van der Waals surface area contributed by atoms with Crippen LogP contribution in [0.1, 0.15) is 19.4 Å². The molecule has 0 atom stereocenters. The maximum Gasteiger partial charge on any atom is 0.233 e. The van der Waals surface area contributed by atoms with E-state index in [2.05, 4.69) is 63.2 Å². The molecule has 0 radical (unpaired) electrons. The molecule has 1 aliphatic rings. The molecule has 2 N–H and O–H groups in total. The summed E-state index contributed by atoms with van der Waals surface area (Å²) in [5, 5.41) is 6.63. The molecule has 2 heterocycles. The highest BCUT2D eigenvalue weighted by Gasteiger charge is 2.21. The first-order chi connectivity index (χ1) is 14.8. The van der Waals surface area contributed by atoms with Crippen molar-refractivity contribution < 1.29 is 4.74 Å². The van der Waals surface area contributed by atoms with Crippen LogP contribution in [0.15, 0.2) is 18.2 Å². The minimum absolute atomic E-state index is 0.222. The highest BCUT2D eigenvalue weighted by molar-refractivity contribution is 5.64. The lowest BCUT2D eigenvalue weighted by atomic mass is 10.2. The van der Waals surface area contributed by atoms with E-state index in [4.69, 9.17) is 9.72 Å². The van der Waals surface area contributed by atoms with Gasteiger partial charge in [0.1, 0.15) is 5.75 Å². The standard InChI is InChI=1S/C22H36N8O/c1-16(2)23-20-25-21(24-18-8-7-17(3)15-19(18)31-6)27-22(26-20)30-13-11-29(12-14-30)10-9-28(4)5/h7-8,15-16H,9-14H2,1-6H3,(H2,23,24,25,26,27). The van der Waals surface area contributed by atoms with Crippen molar-refractivity contribution in [2.45, 2.75) is 26.8 Å². The molecule has 0 bridgehead atoms. The third-order valence-corrected chi connectivity index (χ3v) is 5.16. The molecule has 1 saturated heterocycles. The van der Waals surface area contributed by atoms with E-state index in [9.17, 15) is 0 Å². The monoisotopic (exact) mass is 428 g/mol. The average Bonchev–Trinajstić information content (AvgIpc) is 2.73. The summed E-state index contributed by atoms with van der Waals surface area (Å²) < 4.78 is 5.52. The molecular weight excluding hydrogens is 392 g/mol. The van der Waals surface area contributed by atoms with Gasteiger partial charge in [-0.05, 0) is 52.6 Å². The van der Waals surface area contributed by atoms with Crippen molar-refractivity contribution in [1.29, 1.82) is 0 Å². The Labute approximate surface area is 185 Å². The van der Waals surface area contributed by atoms with Gasteiger partial charge in [0.05, 0.1) is 12.8 Å². The molecule has 0 spiro atoms. The number of rotatable bonds is 9. The number of nitrogens with zero attached hydrogens (tertiary/aromatic N) is 6.